The molecular weight excluding hydrogens is 315 g/mol. The number of hydrogen-bond acceptors (Lipinski definition) is 3. The maximum atomic E-state index is 11.9. The van der Waals surface area contributed by atoms with E-state index in [9.17, 15) is 9.59 Å². The first kappa shape index (κ1) is 16.1. The number of anilines is 1. The van der Waals surface area contributed by atoms with Gasteiger partial charge in [0.05, 0.1) is 10.0 Å². The quantitative estimate of drug-likeness (QED) is 0.724. The Balaban J connectivity index is 1.92. The summed E-state index contributed by atoms with van der Waals surface area (Å²) < 4.78 is 0. The van der Waals surface area contributed by atoms with Crippen molar-refractivity contribution in [2.75, 3.05) is 11.9 Å². The molecule has 5 nitrogen and oxygen atoms in total. The number of carbonyl (C=O) groups excluding carboxylic acids is 2. The van der Waals surface area contributed by atoms with Crippen molar-refractivity contribution in [1.82, 2.24) is 5.32 Å². The third-order valence-corrected chi connectivity index (χ3v) is 4.07. The summed E-state index contributed by atoms with van der Waals surface area (Å²) in [5.74, 6) is -1.12. The fourth-order valence-electron chi connectivity index (χ4n) is 2.06. The van der Waals surface area contributed by atoms with Crippen LogP contribution in [0, 0.1) is 5.92 Å². The molecule has 1 fully saturated rings. The molecule has 1 aliphatic carbocycles. The van der Waals surface area contributed by atoms with E-state index in [2.05, 4.69) is 10.6 Å². The van der Waals surface area contributed by atoms with Crippen LogP contribution in [0.25, 0.3) is 0 Å². The van der Waals surface area contributed by atoms with Crippen LogP contribution >= 0.6 is 23.2 Å². The van der Waals surface area contributed by atoms with Crippen LogP contribution in [-0.4, -0.2) is 29.6 Å². The first-order chi connectivity index (χ1) is 10.0. The molecule has 0 aromatic heterocycles. The van der Waals surface area contributed by atoms with Crippen molar-refractivity contribution in [1.29, 1.82) is 0 Å². The Morgan fingerprint density at radius 3 is 2.52 bits per heavy atom. The van der Waals surface area contributed by atoms with E-state index in [4.69, 9.17) is 28.3 Å². The summed E-state index contributed by atoms with van der Waals surface area (Å²) in [5.41, 5.74) is 0.398. The van der Waals surface area contributed by atoms with Crippen LogP contribution in [0.15, 0.2) is 18.2 Å². The molecule has 0 radical (unpaired) electrons. The van der Waals surface area contributed by atoms with E-state index in [1.807, 2.05) is 0 Å². The molecule has 1 saturated carbocycles. The predicted molar refractivity (Wildman–Crippen MR) is 81.4 cm³/mol. The lowest BCUT2D eigenvalue weighted by Crippen LogP contribution is -2.43. The molecule has 7 heteroatoms. The Kier molecular flexibility index (Phi) is 5.45. The number of halogens is 2. The Morgan fingerprint density at radius 1 is 1.24 bits per heavy atom. The third-order valence-electron chi connectivity index (χ3n) is 3.33. The number of nitrogens with one attached hydrogen (secondary N) is 2. The Hall–Kier alpha value is -1.30. The zero-order valence-electron chi connectivity index (χ0n) is 11.2. The minimum atomic E-state index is -0.767. The molecule has 0 heterocycles. The van der Waals surface area contributed by atoms with E-state index in [-0.39, 0.29) is 12.6 Å². The Morgan fingerprint density at radius 2 is 1.95 bits per heavy atom. The smallest absolute Gasteiger partial charge is 0.313 e. The van der Waals surface area contributed by atoms with E-state index in [0.717, 1.165) is 12.8 Å². The minimum Gasteiger partial charge on any atom is -0.396 e. The lowest BCUT2D eigenvalue weighted by molar-refractivity contribution is -0.136. The van der Waals surface area contributed by atoms with Crippen LogP contribution < -0.4 is 10.6 Å². The molecule has 114 valence electrons. The van der Waals surface area contributed by atoms with Crippen molar-refractivity contribution >= 4 is 40.7 Å². The molecule has 0 aliphatic heterocycles. The van der Waals surface area contributed by atoms with Crippen LogP contribution in [0.1, 0.15) is 19.3 Å². The molecule has 3 N–H and O–H groups in total. The summed E-state index contributed by atoms with van der Waals surface area (Å²) in [7, 11) is 0. The molecule has 0 bridgehead atoms. The molecule has 0 saturated heterocycles. The summed E-state index contributed by atoms with van der Waals surface area (Å²) in [6.07, 6.45) is 2.48. The van der Waals surface area contributed by atoms with Gasteiger partial charge in [0, 0.05) is 18.3 Å². The van der Waals surface area contributed by atoms with Gasteiger partial charge in [0.1, 0.15) is 0 Å². The number of amides is 2. The predicted octanol–water partition coefficient (Wildman–Crippen LogP) is 2.21. The molecule has 1 aliphatic rings. The second-order valence-corrected chi connectivity index (χ2v) is 5.83. The fourth-order valence-corrected chi connectivity index (χ4v) is 2.36. The van der Waals surface area contributed by atoms with Gasteiger partial charge in [-0.1, -0.05) is 23.2 Å². The van der Waals surface area contributed by atoms with E-state index in [1.165, 1.54) is 12.1 Å². The lowest BCUT2D eigenvalue weighted by atomic mass is 10.1. The summed E-state index contributed by atoms with van der Waals surface area (Å²) >= 11 is 11.6. The largest absolute Gasteiger partial charge is 0.396 e. The number of rotatable bonds is 5. The van der Waals surface area contributed by atoms with Crippen molar-refractivity contribution in [3.8, 4) is 0 Å². The summed E-state index contributed by atoms with van der Waals surface area (Å²) in [5, 5.41) is 14.8. The number of aliphatic hydroxyl groups is 1. The normalized spacial score (nSPS) is 15.4. The molecule has 21 heavy (non-hydrogen) atoms. The van der Waals surface area contributed by atoms with Gasteiger partial charge in [0.15, 0.2) is 0 Å². The van der Waals surface area contributed by atoms with Gasteiger partial charge >= 0.3 is 11.8 Å². The summed E-state index contributed by atoms with van der Waals surface area (Å²) in [6, 6.07) is 4.42. The van der Waals surface area contributed by atoms with Gasteiger partial charge in [-0.15, -0.1) is 0 Å². The van der Waals surface area contributed by atoms with E-state index in [1.54, 1.807) is 6.07 Å². The number of carbonyl (C=O) groups is 2. The topological polar surface area (TPSA) is 78.4 Å². The van der Waals surface area contributed by atoms with Gasteiger partial charge in [0.25, 0.3) is 0 Å². The second kappa shape index (κ2) is 7.11. The average molecular weight is 331 g/mol. The van der Waals surface area contributed by atoms with Crippen LogP contribution in [0.5, 0.6) is 0 Å². The molecule has 1 aromatic rings. The van der Waals surface area contributed by atoms with Gasteiger partial charge in [-0.05, 0) is 43.4 Å². The highest BCUT2D eigenvalue weighted by Gasteiger charge is 2.32. The SMILES string of the molecule is O=C(Nc1ccc(Cl)c(Cl)c1)C(=O)NC(CCO)C1CC1. The average Bonchev–Trinajstić information content (AvgIpc) is 3.26. The lowest BCUT2D eigenvalue weighted by Gasteiger charge is -2.16. The highest BCUT2D eigenvalue weighted by molar-refractivity contribution is 6.43. The molecular formula is C14H16Cl2N2O3. The zero-order valence-corrected chi connectivity index (χ0v) is 12.7. The highest BCUT2D eigenvalue weighted by Crippen LogP contribution is 2.33. The van der Waals surface area contributed by atoms with Gasteiger partial charge in [-0.2, -0.15) is 0 Å². The molecule has 1 aromatic carbocycles. The Labute approximate surface area is 132 Å². The first-order valence-electron chi connectivity index (χ1n) is 6.69. The maximum absolute atomic E-state index is 11.9. The monoisotopic (exact) mass is 330 g/mol. The molecule has 1 unspecified atom stereocenters. The first-order valence-corrected chi connectivity index (χ1v) is 7.44. The molecule has 2 amide bonds. The van der Waals surface area contributed by atoms with Crippen molar-refractivity contribution in [3.63, 3.8) is 0 Å². The Bertz CT molecular complexity index is 547. The van der Waals surface area contributed by atoms with Crippen molar-refractivity contribution in [3.05, 3.63) is 28.2 Å². The van der Waals surface area contributed by atoms with Gasteiger partial charge in [0.2, 0.25) is 0 Å². The standard InChI is InChI=1S/C14H16Cl2N2O3/c15-10-4-3-9(7-11(10)16)17-13(20)14(21)18-12(5-6-19)8-1-2-8/h3-4,7-8,12,19H,1-2,5-6H2,(H,17,20)(H,18,21). The zero-order chi connectivity index (χ0) is 15.4. The highest BCUT2D eigenvalue weighted by atomic mass is 35.5. The third kappa shape index (κ3) is 4.59. The molecule has 1 atom stereocenters. The summed E-state index contributed by atoms with van der Waals surface area (Å²) in [4.78, 5) is 23.7. The second-order valence-electron chi connectivity index (χ2n) is 5.01. The van der Waals surface area contributed by atoms with Gasteiger partial charge < -0.3 is 15.7 Å². The van der Waals surface area contributed by atoms with Crippen LogP contribution in [0.2, 0.25) is 10.0 Å². The minimum absolute atomic E-state index is 0.0180. The number of aliphatic hydroxyl groups excluding tert-OH is 1. The van der Waals surface area contributed by atoms with E-state index in [0.29, 0.717) is 28.1 Å². The number of hydrogen-bond donors (Lipinski definition) is 3. The molecule has 0 spiro atoms. The van der Waals surface area contributed by atoms with E-state index >= 15 is 0 Å². The summed E-state index contributed by atoms with van der Waals surface area (Å²) in [6.45, 7) is -0.0180. The van der Waals surface area contributed by atoms with Crippen LogP contribution in [-0.2, 0) is 9.59 Å². The van der Waals surface area contributed by atoms with Crippen molar-refractivity contribution in [2.24, 2.45) is 5.92 Å². The molecule has 2 rings (SSSR count). The van der Waals surface area contributed by atoms with E-state index < -0.39 is 11.8 Å². The van der Waals surface area contributed by atoms with Gasteiger partial charge in [-0.25, -0.2) is 0 Å². The van der Waals surface area contributed by atoms with Gasteiger partial charge in [-0.3, -0.25) is 9.59 Å². The fraction of sp³-hybridized carbons (Fsp3) is 0.429. The maximum Gasteiger partial charge on any atom is 0.313 e. The van der Waals surface area contributed by atoms with Crippen LogP contribution in [0.4, 0.5) is 5.69 Å². The number of benzene rings is 1. The van der Waals surface area contributed by atoms with Crippen molar-refractivity contribution < 1.29 is 14.7 Å². The van der Waals surface area contributed by atoms with Crippen LogP contribution in [0.3, 0.4) is 0 Å². The van der Waals surface area contributed by atoms with Crippen molar-refractivity contribution in [2.45, 2.75) is 25.3 Å².